The van der Waals surface area contributed by atoms with Gasteiger partial charge in [-0.05, 0) is 91.8 Å². The highest BCUT2D eigenvalue weighted by Crippen LogP contribution is 2.26. The Balaban J connectivity index is 1.30. The van der Waals surface area contributed by atoms with Gasteiger partial charge in [-0.15, -0.1) is 0 Å². The highest BCUT2D eigenvalue weighted by atomic mass is 32.2. The first-order valence-electron chi connectivity index (χ1n) is 14.5. The average Bonchev–Trinajstić information content (AvgIpc) is 3.56. The van der Waals surface area contributed by atoms with Crippen LogP contribution in [0.2, 0.25) is 0 Å². The van der Waals surface area contributed by atoms with Crippen LogP contribution in [0.15, 0.2) is 90.1 Å². The van der Waals surface area contributed by atoms with Crippen molar-refractivity contribution >= 4 is 21.7 Å². The van der Waals surface area contributed by atoms with Gasteiger partial charge in [0.25, 0.3) is 11.8 Å². The molecule has 2 amide bonds. The van der Waals surface area contributed by atoms with Gasteiger partial charge in [-0.25, -0.2) is 12.8 Å². The number of hydrogen-bond donors (Lipinski definition) is 2. The van der Waals surface area contributed by atoms with E-state index in [0.717, 1.165) is 12.0 Å². The fourth-order valence-corrected chi connectivity index (χ4v) is 7.04. The lowest BCUT2D eigenvalue weighted by molar-refractivity contribution is 0.0698. The van der Waals surface area contributed by atoms with E-state index in [0.29, 0.717) is 55.6 Å². The number of likely N-dealkylation sites (tertiary alicyclic amines) is 1. The Morgan fingerprint density at radius 3 is 2.43 bits per heavy atom. The van der Waals surface area contributed by atoms with Crippen LogP contribution < -0.4 is 5.32 Å². The highest BCUT2D eigenvalue weighted by molar-refractivity contribution is 7.91. The molecule has 0 spiro atoms. The molecule has 0 atom stereocenters. The lowest BCUT2D eigenvalue weighted by Gasteiger charge is -2.32. The largest absolute Gasteiger partial charge is 0.352 e. The minimum Gasteiger partial charge on any atom is -0.352 e. The summed E-state index contributed by atoms with van der Waals surface area (Å²) in [5.41, 5.74) is 2.67. The molecule has 1 aromatic heterocycles. The maximum atomic E-state index is 13.7. The normalized spacial score (nSPS) is 13.6. The summed E-state index contributed by atoms with van der Waals surface area (Å²) in [7, 11) is -3.79. The number of H-pyrrole nitrogens is 1. The quantitative estimate of drug-likeness (QED) is 0.211. The summed E-state index contributed by atoms with van der Waals surface area (Å²) in [6.45, 7) is 1.39. The predicted molar refractivity (Wildman–Crippen MR) is 165 cm³/mol. The Morgan fingerprint density at radius 2 is 1.73 bits per heavy atom. The maximum Gasteiger partial charge on any atom is 0.253 e. The summed E-state index contributed by atoms with van der Waals surface area (Å²) in [5.74, 6) is 4.82. The molecule has 4 aromatic rings. The molecule has 226 valence electrons. The Labute approximate surface area is 256 Å². The highest BCUT2D eigenvalue weighted by Gasteiger charge is 2.29. The predicted octanol–water partition coefficient (Wildman–Crippen LogP) is 4.64. The van der Waals surface area contributed by atoms with E-state index in [9.17, 15) is 22.4 Å². The van der Waals surface area contributed by atoms with Gasteiger partial charge in [0.15, 0.2) is 9.84 Å². The average molecular weight is 613 g/mol. The van der Waals surface area contributed by atoms with Crippen molar-refractivity contribution in [1.29, 1.82) is 0 Å². The third kappa shape index (κ3) is 7.99. The fraction of sp³-hybridized carbons (Fsp3) is 0.265. The van der Waals surface area contributed by atoms with Gasteiger partial charge < -0.3 is 10.2 Å². The van der Waals surface area contributed by atoms with Gasteiger partial charge in [0, 0.05) is 48.1 Å². The fourth-order valence-electron chi connectivity index (χ4n) is 5.19. The number of carbonyl (C=O) groups is 2. The first kappa shape index (κ1) is 30.7. The minimum atomic E-state index is -3.79. The maximum absolute atomic E-state index is 13.7. The first-order chi connectivity index (χ1) is 21.3. The molecule has 1 aliphatic heterocycles. The van der Waals surface area contributed by atoms with Crippen molar-refractivity contribution in [3.63, 3.8) is 0 Å². The smallest absolute Gasteiger partial charge is 0.253 e. The van der Waals surface area contributed by atoms with Crippen LogP contribution in [0.5, 0.6) is 0 Å². The van der Waals surface area contributed by atoms with Crippen LogP contribution in [0.1, 0.15) is 56.7 Å². The summed E-state index contributed by atoms with van der Waals surface area (Å²) in [4.78, 5) is 27.6. The molecule has 3 aromatic carbocycles. The molecular formula is C34H33FN4O4S. The molecule has 8 nitrogen and oxygen atoms in total. The second kappa shape index (κ2) is 14.1. The van der Waals surface area contributed by atoms with Crippen molar-refractivity contribution in [2.75, 3.05) is 25.4 Å². The van der Waals surface area contributed by atoms with Crippen LogP contribution in [-0.2, 0) is 16.3 Å². The van der Waals surface area contributed by atoms with Crippen LogP contribution in [0.4, 0.5) is 4.39 Å². The third-order valence-corrected chi connectivity index (χ3v) is 9.56. The van der Waals surface area contributed by atoms with Gasteiger partial charge in [0.05, 0.1) is 16.8 Å². The molecular weight excluding hydrogens is 579 g/mol. The van der Waals surface area contributed by atoms with E-state index >= 15 is 0 Å². The molecule has 44 heavy (non-hydrogen) atoms. The summed E-state index contributed by atoms with van der Waals surface area (Å²) in [6.07, 6.45) is 6.13. The summed E-state index contributed by atoms with van der Waals surface area (Å²) >= 11 is 0. The zero-order valence-electron chi connectivity index (χ0n) is 24.1. The number of nitrogens with one attached hydrogen (secondary N) is 2. The van der Waals surface area contributed by atoms with E-state index in [1.807, 2.05) is 18.2 Å². The molecule has 0 saturated carbocycles. The molecule has 10 heteroatoms. The van der Waals surface area contributed by atoms with Crippen LogP contribution in [0.25, 0.3) is 0 Å². The number of aromatic nitrogens is 2. The lowest BCUT2D eigenvalue weighted by Crippen LogP contribution is -2.40. The third-order valence-electron chi connectivity index (χ3n) is 7.62. The minimum absolute atomic E-state index is 0.0476. The number of amides is 2. The number of aryl methyl sites for hydroxylation is 1. The van der Waals surface area contributed by atoms with Crippen LogP contribution in [0.3, 0.4) is 0 Å². The molecule has 1 fully saturated rings. The van der Waals surface area contributed by atoms with Crippen molar-refractivity contribution in [2.45, 2.75) is 30.6 Å². The number of aromatic amines is 1. The standard InChI is InChI=1S/C34H33FN4O4S/c35-31-13-9-25(10-14-31)8-11-29-21-30(33(40)36-18-4-5-27-22-37-38-23-27)12-15-32(29)44(42,43)24-26-16-19-39(20-17-26)34(41)28-6-2-1-3-7-28/h1-3,6-7,9-10,12-15,21-23,26H,4-5,16-20,24H2,(H,36,40)(H,37,38). The van der Waals surface area contributed by atoms with Crippen LogP contribution in [-0.4, -0.2) is 60.7 Å². The van der Waals surface area contributed by atoms with Crippen molar-refractivity contribution in [3.05, 3.63) is 119 Å². The van der Waals surface area contributed by atoms with E-state index in [1.165, 1.54) is 42.5 Å². The molecule has 0 aliphatic carbocycles. The van der Waals surface area contributed by atoms with Gasteiger partial charge in [-0.3, -0.25) is 14.7 Å². The van der Waals surface area contributed by atoms with Crippen LogP contribution >= 0.6 is 0 Å². The van der Waals surface area contributed by atoms with Crippen LogP contribution in [0, 0.1) is 23.6 Å². The van der Waals surface area contributed by atoms with E-state index in [-0.39, 0.29) is 33.9 Å². The monoisotopic (exact) mass is 612 g/mol. The number of rotatable bonds is 9. The zero-order valence-corrected chi connectivity index (χ0v) is 24.9. The lowest BCUT2D eigenvalue weighted by atomic mass is 9.98. The van der Waals surface area contributed by atoms with Crippen molar-refractivity contribution in [1.82, 2.24) is 20.4 Å². The van der Waals surface area contributed by atoms with Gasteiger partial charge in [-0.2, -0.15) is 5.10 Å². The molecule has 2 heterocycles. The van der Waals surface area contributed by atoms with E-state index in [2.05, 4.69) is 27.4 Å². The molecule has 0 radical (unpaired) electrons. The Hall–Kier alpha value is -4.75. The van der Waals surface area contributed by atoms with Crippen molar-refractivity contribution in [3.8, 4) is 11.8 Å². The topological polar surface area (TPSA) is 112 Å². The molecule has 0 unspecified atom stereocenters. The number of benzene rings is 3. The Morgan fingerprint density at radius 1 is 0.977 bits per heavy atom. The summed E-state index contributed by atoms with van der Waals surface area (Å²) < 4.78 is 40.8. The van der Waals surface area contributed by atoms with Crippen molar-refractivity contribution in [2.24, 2.45) is 5.92 Å². The second-order valence-electron chi connectivity index (χ2n) is 10.8. The first-order valence-corrected chi connectivity index (χ1v) is 16.2. The van der Waals surface area contributed by atoms with Gasteiger partial charge in [-0.1, -0.05) is 30.0 Å². The summed E-state index contributed by atoms with van der Waals surface area (Å²) in [5, 5.41) is 9.55. The number of piperidine rings is 1. The molecule has 2 N–H and O–H groups in total. The van der Waals surface area contributed by atoms with Gasteiger partial charge in [0.2, 0.25) is 0 Å². The number of hydrogen-bond acceptors (Lipinski definition) is 5. The Bertz CT molecular complexity index is 1760. The number of nitrogens with zero attached hydrogens (tertiary/aromatic N) is 2. The van der Waals surface area contributed by atoms with E-state index in [4.69, 9.17) is 0 Å². The zero-order chi connectivity index (χ0) is 30.9. The summed E-state index contributed by atoms with van der Waals surface area (Å²) in [6, 6.07) is 19.1. The molecule has 1 saturated heterocycles. The van der Waals surface area contributed by atoms with E-state index in [1.54, 1.807) is 29.4 Å². The second-order valence-corrected chi connectivity index (χ2v) is 12.8. The molecule has 1 aliphatic rings. The number of halogens is 1. The Kier molecular flexibility index (Phi) is 9.87. The molecule has 5 rings (SSSR count). The van der Waals surface area contributed by atoms with Gasteiger partial charge in [0.1, 0.15) is 5.82 Å². The van der Waals surface area contributed by atoms with E-state index < -0.39 is 15.7 Å². The number of carbonyl (C=O) groups excluding carboxylic acids is 2. The van der Waals surface area contributed by atoms with Gasteiger partial charge >= 0.3 is 0 Å². The molecule has 0 bridgehead atoms. The number of sulfone groups is 1. The van der Waals surface area contributed by atoms with Crippen molar-refractivity contribution < 1.29 is 22.4 Å². The SMILES string of the molecule is O=C(NCCCc1cn[nH]c1)c1ccc(S(=O)(=O)CC2CCN(C(=O)c3ccccc3)CC2)c(C#Cc2ccc(F)cc2)c1.